The summed E-state index contributed by atoms with van der Waals surface area (Å²) in [4.78, 5) is 9.25. The van der Waals surface area contributed by atoms with Crippen molar-refractivity contribution in [1.82, 2.24) is 25.5 Å². The number of nitrogens with one attached hydrogen (secondary N) is 1. The lowest BCUT2D eigenvalue weighted by atomic mass is 10.1. The van der Waals surface area contributed by atoms with Gasteiger partial charge < -0.3 is 15.5 Å². The van der Waals surface area contributed by atoms with Crippen molar-refractivity contribution in [2.24, 2.45) is 0 Å². The minimum absolute atomic E-state index is 0.114. The van der Waals surface area contributed by atoms with Crippen LogP contribution in [0.5, 0.6) is 0 Å². The molecule has 0 unspecified atom stereocenters. The molecular formula is C23H25ClN6O3S. The molecule has 0 amide bonds. The summed E-state index contributed by atoms with van der Waals surface area (Å²) >= 11 is 6.41. The number of halogens is 1. The van der Waals surface area contributed by atoms with Crippen LogP contribution in [0.25, 0.3) is 34.3 Å². The van der Waals surface area contributed by atoms with Crippen LogP contribution in [-0.4, -0.2) is 41.6 Å². The predicted octanol–water partition coefficient (Wildman–Crippen LogP) is 5.33. The van der Waals surface area contributed by atoms with Gasteiger partial charge in [-0.25, -0.2) is 9.97 Å². The van der Waals surface area contributed by atoms with Gasteiger partial charge in [-0.15, -0.1) is 10.2 Å². The van der Waals surface area contributed by atoms with Crippen molar-refractivity contribution in [2.45, 2.75) is 30.5 Å². The van der Waals surface area contributed by atoms with Crippen LogP contribution >= 0.6 is 22.2 Å². The smallest absolute Gasteiger partial charge is 0.270 e. The molecule has 9 nitrogen and oxygen atoms in total. The molecule has 0 saturated heterocycles. The van der Waals surface area contributed by atoms with Crippen molar-refractivity contribution < 1.29 is 13.5 Å². The standard InChI is InChI=1S/C23H25ClN6O3S/c1-13(2)34(31,32)16-7-5-15(6-8-16)19-12-27-21(25)20(28-19)23-30-29-22(33-23)17-9-4-14(11-26-3)10-18(17)24/h4-10,12-13,26,31-32H,11H2,1-3H3,(H2,25,27). The van der Waals surface area contributed by atoms with Crippen LogP contribution in [0.2, 0.25) is 5.02 Å². The van der Waals surface area contributed by atoms with Crippen LogP contribution in [0.1, 0.15) is 19.4 Å². The van der Waals surface area contributed by atoms with E-state index in [1.807, 2.05) is 25.2 Å². The van der Waals surface area contributed by atoms with E-state index in [1.165, 1.54) is 6.20 Å². The SMILES string of the molecule is CNCc1ccc(-c2nnc(-c3nc(-c4ccc(S(O)(O)C(C)C)cc4)cnc3N)o2)c(Cl)c1. The van der Waals surface area contributed by atoms with Gasteiger partial charge in [0.25, 0.3) is 5.89 Å². The fourth-order valence-electron chi connectivity index (χ4n) is 3.27. The maximum Gasteiger partial charge on any atom is 0.270 e. The largest absolute Gasteiger partial charge is 0.414 e. The molecule has 4 rings (SSSR count). The van der Waals surface area contributed by atoms with Crippen molar-refractivity contribution in [2.75, 3.05) is 12.8 Å². The molecule has 0 fully saturated rings. The molecule has 34 heavy (non-hydrogen) atoms. The van der Waals surface area contributed by atoms with Gasteiger partial charge in [-0.2, -0.15) is 10.6 Å². The zero-order valence-electron chi connectivity index (χ0n) is 18.9. The van der Waals surface area contributed by atoms with Gasteiger partial charge in [-0.3, -0.25) is 9.11 Å². The Hall–Kier alpha value is -3.02. The summed E-state index contributed by atoms with van der Waals surface area (Å²) in [7, 11) is -1.01. The van der Waals surface area contributed by atoms with E-state index in [0.29, 0.717) is 27.7 Å². The van der Waals surface area contributed by atoms with Gasteiger partial charge in [0.15, 0.2) is 11.5 Å². The van der Waals surface area contributed by atoms with Crippen LogP contribution in [0, 0.1) is 0 Å². The lowest BCUT2D eigenvalue weighted by molar-refractivity contribution is 0.476. The third kappa shape index (κ3) is 4.77. The summed E-state index contributed by atoms with van der Waals surface area (Å²) in [6.45, 7) is 4.22. The minimum atomic E-state index is -2.87. The Bertz CT molecular complexity index is 1310. The Balaban J connectivity index is 1.65. The first kappa shape index (κ1) is 24.1. The third-order valence-electron chi connectivity index (χ3n) is 5.23. The topological polar surface area (TPSA) is 143 Å². The number of nitrogens with two attached hydrogens (primary N) is 1. The predicted molar refractivity (Wildman–Crippen MR) is 135 cm³/mol. The molecule has 178 valence electrons. The molecule has 0 spiro atoms. The summed E-state index contributed by atoms with van der Waals surface area (Å²) < 4.78 is 26.6. The van der Waals surface area contributed by atoms with Gasteiger partial charge in [-0.1, -0.05) is 29.8 Å². The summed E-state index contributed by atoms with van der Waals surface area (Å²) in [6, 6.07) is 12.4. The van der Waals surface area contributed by atoms with E-state index in [4.69, 9.17) is 21.8 Å². The lowest BCUT2D eigenvalue weighted by Gasteiger charge is -2.36. The van der Waals surface area contributed by atoms with Crippen molar-refractivity contribution in [3.63, 3.8) is 0 Å². The zero-order valence-corrected chi connectivity index (χ0v) is 20.4. The molecule has 0 aliphatic rings. The zero-order chi connectivity index (χ0) is 24.5. The van der Waals surface area contributed by atoms with Gasteiger partial charge in [-0.05, 0) is 50.7 Å². The van der Waals surface area contributed by atoms with Crippen LogP contribution in [0.4, 0.5) is 5.82 Å². The highest BCUT2D eigenvalue weighted by molar-refractivity contribution is 8.24. The highest BCUT2D eigenvalue weighted by atomic mass is 35.5. The van der Waals surface area contributed by atoms with Gasteiger partial charge in [0, 0.05) is 17.4 Å². The summed E-state index contributed by atoms with van der Waals surface area (Å²) in [6.07, 6.45) is 1.53. The Morgan fingerprint density at radius 1 is 1.09 bits per heavy atom. The Morgan fingerprint density at radius 3 is 2.44 bits per heavy atom. The molecule has 2 aromatic heterocycles. The highest BCUT2D eigenvalue weighted by Crippen LogP contribution is 2.52. The number of nitrogens with zero attached hydrogens (tertiary/aromatic N) is 4. The molecule has 2 aromatic carbocycles. The first-order valence-corrected chi connectivity index (χ1v) is 12.5. The van der Waals surface area contributed by atoms with Crippen LogP contribution in [-0.2, 0) is 6.54 Å². The number of aromatic nitrogens is 4. The minimum Gasteiger partial charge on any atom is -0.414 e. The molecule has 0 atom stereocenters. The second-order valence-corrected chi connectivity index (χ2v) is 10.9. The maximum absolute atomic E-state index is 10.4. The average Bonchev–Trinajstić information content (AvgIpc) is 3.29. The molecule has 0 bridgehead atoms. The molecule has 0 radical (unpaired) electrons. The summed E-state index contributed by atoms with van der Waals surface area (Å²) in [5.74, 6) is 0.494. The van der Waals surface area contributed by atoms with E-state index < -0.39 is 10.6 Å². The van der Waals surface area contributed by atoms with Gasteiger partial charge in [0.2, 0.25) is 5.89 Å². The Morgan fingerprint density at radius 2 is 1.79 bits per heavy atom. The monoisotopic (exact) mass is 500 g/mol. The first-order valence-electron chi connectivity index (χ1n) is 10.5. The Labute approximate surface area is 203 Å². The number of hydrogen-bond donors (Lipinski definition) is 4. The fraction of sp³-hybridized carbons (Fsp3) is 0.217. The van der Waals surface area contributed by atoms with E-state index in [1.54, 1.807) is 38.1 Å². The van der Waals surface area contributed by atoms with E-state index in [0.717, 1.165) is 11.1 Å². The van der Waals surface area contributed by atoms with E-state index in [2.05, 4.69) is 25.5 Å². The normalized spacial score (nSPS) is 12.3. The van der Waals surface area contributed by atoms with Crippen molar-refractivity contribution >= 4 is 28.0 Å². The van der Waals surface area contributed by atoms with Crippen molar-refractivity contribution in [3.05, 3.63) is 59.2 Å². The van der Waals surface area contributed by atoms with Gasteiger partial charge >= 0.3 is 0 Å². The first-order chi connectivity index (χ1) is 16.2. The average molecular weight is 501 g/mol. The fourth-order valence-corrected chi connectivity index (χ4v) is 4.63. The van der Waals surface area contributed by atoms with Crippen molar-refractivity contribution in [1.29, 1.82) is 0 Å². The second-order valence-electron chi connectivity index (χ2n) is 7.91. The molecule has 4 aromatic rings. The molecule has 0 saturated carbocycles. The number of hydrogen-bond acceptors (Lipinski definition) is 9. The summed E-state index contributed by atoms with van der Waals surface area (Å²) in [5.41, 5.74) is 9.16. The molecule has 2 heterocycles. The van der Waals surface area contributed by atoms with E-state index in [-0.39, 0.29) is 28.5 Å². The van der Waals surface area contributed by atoms with Crippen LogP contribution < -0.4 is 11.1 Å². The van der Waals surface area contributed by atoms with Gasteiger partial charge in [0.1, 0.15) is 0 Å². The van der Waals surface area contributed by atoms with Gasteiger partial charge in [0.05, 0.1) is 27.4 Å². The summed E-state index contributed by atoms with van der Waals surface area (Å²) in [5, 5.41) is 11.5. The second kappa shape index (κ2) is 9.69. The van der Waals surface area contributed by atoms with Crippen LogP contribution in [0.3, 0.4) is 0 Å². The molecule has 11 heteroatoms. The van der Waals surface area contributed by atoms with Crippen molar-refractivity contribution in [3.8, 4) is 34.3 Å². The molecule has 0 aliphatic carbocycles. The van der Waals surface area contributed by atoms with Crippen LogP contribution in [0.15, 0.2) is 58.0 Å². The highest BCUT2D eigenvalue weighted by Gasteiger charge is 2.21. The number of benzene rings is 2. The lowest BCUT2D eigenvalue weighted by Crippen LogP contribution is -2.10. The quantitative estimate of drug-likeness (QED) is 0.264. The molecule has 0 aliphatic heterocycles. The molecular weight excluding hydrogens is 476 g/mol. The third-order valence-corrected chi connectivity index (χ3v) is 7.82. The Kier molecular flexibility index (Phi) is 6.87. The maximum atomic E-state index is 10.4. The van der Waals surface area contributed by atoms with E-state index >= 15 is 0 Å². The number of anilines is 1. The molecule has 5 N–H and O–H groups in total. The number of nitrogen functional groups attached to an aromatic ring is 1. The van der Waals surface area contributed by atoms with E-state index in [9.17, 15) is 9.11 Å². The number of rotatable bonds is 7.